The third kappa shape index (κ3) is 2.39. The highest BCUT2D eigenvalue weighted by Crippen LogP contribution is 2.32. The number of benzene rings is 1. The van der Waals surface area contributed by atoms with Crippen LogP contribution in [0.25, 0.3) is 0 Å². The van der Waals surface area contributed by atoms with Crippen molar-refractivity contribution in [3.8, 4) is 0 Å². The minimum absolute atomic E-state index is 0.0474. The lowest BCUT2D eigenvalue weighted by Crippen LogP contribution is -2.28. The number of hydrogen-bond acceptors (Lipinski definition) is 3. The predicted molar refractivity (Wildman–Crippen MR) is 86.5 cm³/mol. The number of hydrogen-bond donors (Lipinski definition) is 2. The molecule has 1 amide bonds. The minimum Gasteiger partial charge on any atom is -0.376 e. The molecule has 0 saturated carbocycles. The van der Waals surface area contributed by atoms with Crippen LogP contribution in [-0.2, 0) is 6.42 Å². The van der Waals surface area contributed by atoms with Gasteiger partial charge in [-0.2, -0.15) is 0 Å². The number of rotatable bonds is 2. The summed E-state index contributed by atoms with van der Waals surface area (Å²) in [6.45, 7) is 0.711. The number of amides is 1. The smallest absolute Gasteiger partial charge is 0.268 e. The summed E-state index contributed by atoms with van der Waals surface area (Å²) >= 11 is 6.30. The summed E-state index contributed by atoms with van der Waals surface area (Å²) in [5, 5.41) is 5.04. The van der Waals surface area contributed by atoms with Gasteiger partial charge < -0.3 is 16.0 Å². The first-order valence-corrected chi connectivity index (χ1v) is 7.49. The number of thiocarbonyl (C=S) groups is 1. The SMILES string of the molecule is NC(=S)Nc1ccc2c(c1)N(C(=O)c1cccs1)CC2. The van der Waals surface area contributed by atoms with E-state index in [-0.39, 0.29) is 11.0 Å². The van der Waals surface area contributed by atoms with Crippen LogP contribution in [0, 0.1) is 0 Å². The second-order valence-corrected chi connectivity index (χ2v) is 5.90. The summed E-state index contributed by atoms with van der Waals surface area (Å²) in [4.78, 5) is 15.0. The maximum atomic E-state index is 12.5. The number of nitrogens with zero attached hydrogens (tertiary/aromatic N) is 1. The van der Waals surface area contributed by atoms with Crippen molar-refractivity contribution in [1.82, 2.24) is 0 Å². The summed E-state index contributed by atoms with van der Waals surface area (Å²) in [5.41, 5.74) is 8.39. The number of carbonyl (C=O) groups excluding carboxylic acids is 1. The van der Waals surface area contributed by atoms with Crippen molar-refractivity contribution in [2.45, 2.75) is 6.42 Å². The second kappa shape index (κ2) is 5.22. The molecule has 6 heteroatoms. The average molecular weight is 303 g/mol. The number of nitrogens with one attached hydrogen (secondary N) is 1. The van der Waals surface area contributed by atoms with E-state index in [0.29, 0.717) is 6.54 Å². The molecule has 0 radical (unpaired) electrons. The van der Waals surface area contributed by atoms with Gasteiger partial charge in [0.15, 0.2) is 5.11 Å². The molecule has 1 aromatic heterocycles. The second-order valence-electron chi connectivity index (χ2n) is 4.52. The lowest BCUT2D eigenvalue weighted by Gasteiger charge is -2.17. The summed E-state index contributed by atoms with van der Waals surface area (Å²) in [7, 11) is 0. The van der Waals surface area contributed by atoms with Crippen molar-refractivity contribution in [2.75, 3.05) is 16.8 Å². The van der Waals surface area contributed by atoms with E-state index in [2.05, 4.69) is 5.32 Å². The summed E-state index contributed by atoms with van der Waals surface area (Å²) in [6.07, 6.45) is 0.875. The summed E-state index contributed by atoms with van der Waals surface area (Å²) in [6, 6.07) is 9.60. The van der Waals surface area contributed by atoms with Crippen LogP contribution in [0.5, 0.6) is 0 Å². The van der Waals surface area contributed by atoms with E-state index in [1.807, 2.05) is 40.6 Å². The number of thiophene rings is 1. The maximum Gasteiger partial charge on any atom is 0.268 e. The van der Waals surface area contributed by atoms with E-state index >= 15 is 0 Å². The Morgan fingerprint density at radius 2 is 2.25 bits per heavy atom. The molecule has 0 unspecified atom stereocenters. The molecule has 102 valence electrons. The molecular weight excluding hydrogens is 290 g/mol. The molecular formula is C14H13N3OS2. The van der Waals surface area contributed by atoms with Crippen LogP contribution in [0.3, 0.4) is 0 Å². The Labute approximate surface area is 126 Å². The van der Waals surface area contributed by atoms with E-state index < -0.39 is 0 Å². The standard InChI is InChI=1S/C14H13N3OS2/c15-14(19)16-10-4-3-9-5-6-17(11(9)8-10)13(18)12-2-1-7-20-12/h1-4,7-8H,5-6H2,(H3,15,16,19). The average Bonchev–Trinajstić information content (AvgIpc) is 3.06. The molecule has 2 heterocycles. The highest BCUT2D eigenvalue weighted by molar-refractivity contribution is 7.80. The third-order valence-corrected chi connectivity index (χ3v) is 4.19. The molecule has 0 fully saturated rings. The van der Waals surface area contributed by atoms with Gasteiger partial charge in [0.1, 0.15) is 0 Å². The number of nitrogens with two attached hydrogens (primary N) is 1. The van der Waals surface area contributed by atoms with Crippen LogP contribution in [0.4, 0.5) is 11.4 Å². The van der Waals surface area contributed by atoms with E-state index in [0.717, 1.165) is 22.7 Å². The fourth-order valence-corrected chi connectivity index (χ4v) is 3.13. The first kappa shape index (κ1) is 13.1. The van der Waals surface area contributed by atoms with Crippen molar-refractivity contribution >= 4 is 45.9 Å². The van der Waals surface area contributed by atoms with Gasteiger partial charge in [0.25, 0.3) is 5.91 Å². The van der Waals surface area contributed by atoms with E-state index in [4.69, 9.17) is 18.0 Å². The van der Waals surface area contributed by atoms with Gasteiger partial charge in [0.05, 0.1) is 4.88 Å². The van der Waals surface area contributed by atoms with Crippen LogP contribution in [-0.4, -0.2) is 17.6 Å². The molecule has 2 aromatic rings. The maximum absolute atomic E-state index is 12.5. The molecule has 1 aliphatic heterocycles. The highest BCUT2D eigenvalue weighted by Gasteiger charge is 2.26. The zero-order valence-corrected chi connectivity index (χ0v) is 12.3. The molecule has 0 atom stereocenters. The molecule has 3 rings (SSSR count). The Balaban J connectivity index is 1.92. The first-order chi connectivity index (χ1) is 9.65. The highest BCUT2D eigenvalue weighted by atomic mass is 32.1. The van der Waals surface area contributed by atoms with Gasteiger partial charge in [-0.1, -0.05) is 12.1 Å². The fraction of sp³-hybridized carbons (Fsp3) is 0.143. The monoisotopic (exact) mass is 303 g/mol. The van der Waals surface area contributed by atoms with Crippen LogP contribution in [0.15, 0.2) is 35.7 Å². The molecule has 0 spiro atoms. The Morgan fingerprint density at radius 3 is 2.95 bits per heavy atom. The van der Waals surface area contributed by atoms with E-state index in [1.165, 1.54) is 16.9 Å². The fourth-order valence-electron chi connectivity index (χ4n) is 2.34. The molecule has 3 N–H and O–H groups in total. The molecule has 1 aromatic carbocycles. The van der Waals surface area contributed by atoms with Gasteiger partial charge in [-0.3, -0.25) is 4.79 Å². The van der Waals surface area contributed by atoms with Crippen molar-refractivity contribution in [3.05, 3.63) is 46.2 Å². The lowest BCUT2D eigenvalue weighted by molar-refractivity contribution is 0.0993. The molecule has 0 aliphatic carbocycles. The number of fused-ring (bicyclic) bond motifs is 1. The van der Waals surface area contributed by atoms with Gasteiger partial charge >= 0.3 is 0 Å². The number of anilines is 2. The summed E-state index contributed by atoms with van der Waals surface area (Å²) < 4.78 is 0. The largest absolute Gasteiger partial charge is 0.376 e. The molecule has 20 heavy (non-hydrogen) atoms. The van der Waals surface area contributed by atoms with Crippen molar-refractivity contribution in [3.63, 3.8) is 0 Å². The molecule has 1 aliphatic rings. The zero-order chi connectivity index (χ0) is 14.1. The van der Waals surface area contributed by atoms with Gasteiger partial charge in [-0.05, 0) is 47.8 Å². The van der Waals surface area contributed by atoms with Crippen LogP contribution in [0.2, 0.25) is 0 Å². The van der Waals surface area contributed by atoms with Crippen molar-refractivity contribution in [2.24, 2.45) is 5.73 Å². The van der Waals surface area contributed by atoms with Gasteiger partial charge in [-0.25, -0.2) is 0 Å². The van der Waals surface area contributed by atoms with Crippen LogP contribution < -0.4 is 16.0 Å². The molecule has 0 saturated heterocycles. The molecule has 0 bridgehead atoms. The van der Waals surface area contributed by atoms with Crippen LogP contribution >= 0.6 is 23.6 Å². The zero-order valence-electron chi connectivity index (χ0n) is 10.6. The van der Waals surface area contributed by atoms with Gasteiger partial charge in [-0.15, -0.1) is 11.3 Å². The quantitative estimate of drug-likeness (QED) is 0.837. The Hall–Kier alpha value is -1.92. The van der Waals surface area contributed by atoms with Gasteiger partial charge in [0.2, 0.25) is 0 Å². The van der Waals surface area contributed by atoms with Crippen molar-refractivity contribution < 1.29 is 4.79 Å². The van der Waals surface area contributed by atoms with Crippen LogP contribution in [0.1, 0.15) is 15.2 Å². The lowest BCUT2D eigenvalue weighted by atomic mass is 10.1. The Bertz CT molecular complexity index is 667. The van der Waals surface area contributed by atoms with Gasteiger partial charge in [0, 0.05) is 17.9 Å². The Kier molecular flexibility index (Phi) is 3.42. The predicted octanol–water partition coefficient (Wildman–Crippen LogP) is 2.61. The minimum atomic E-state index is 0.0474. The number of carbonyl (C=O) groups is 1. The topological polar surface area (TPSA) is 58.4 Å². The van der Waals surface area contributed by atoms with Crippen molar-refractivity contribution in [1.29, 1.82) is 0 Å². The third-order valence-electron chi connectivity index (χ3n) is 3.23. The van der Waals surface area contributed by atoms with E-state index in [9.17, 15) is 4.79 Å². The molecule has 4 nitrogen and oxygen atoms in total. The van der Waals surface area contributed by atoms with E-state index in [1.54, 1.807) is 0 Å². The first-order valence-electron chi connectivity index (χ1n) is 6.20. The normalized spacial score (nSPS) is 13.1. The summed E-state index contributed by atoms with van der Waals surface area (Å²) in [5.74, 6) is 0.0474. The Morgan fingerprint density at radius 1 is 1.40 bits per heavy atom.